The molecule has 9 nitrogen and oxygen atoms in total. The lowest BCUT2D eigenvalue weighted by molar-refractivity contribution is -0.386. The molecule has 1 unspecified atom stereocenters. The molecular formula is C16H16ClF3N4O5. The van der Waals surface area contributed by atoms with Gasteiger partial charge in [-0.2, -0.15) is 13.2 Å². The number of nitro benzene ring substituents is 1. The van der Waals surface area contributed by atoms with Gasteiger partial charge in [0.25, 0.3) is 11.8 Å². The number of hydrogen-bond acceptors (Lipinski definition) is 6. The van der Waals surface area contributed by atoms with Crippen LogP contribution in [0.1, 0.15) is 19.0 Å². The van der Waals surface area contributed by atoms with Gasteiger partial charge in [0, 0.05) is 26.2 Å². The Bertz CT molecular complexity index is 932. The van der Waals surface area contributed by atoms with E-state index >= 15 is 0 Å². The van der Waals surface area contributed by atoms with Crippen molar-refractivity contribution in [3.05, 3.63) is 39.0 Å². The summed E-state index contributed by atoms with van der Waals surface area (Å²) >= 11 is 5.73. The van der Waals surface area contributed by atoms with Crippen molar-refractivity contribution in [1.29, 1.82) is 0 Å². The van der Waals surface area contributed by atoms with E-state index in [-0.39, 0.29) is 17.9 Å². The number of likely N-dealkylation sites (N-methyl/N-ethyl adjacent to an activating group) is 1. The maximum Gasteiger partial charge on any atom is 0.434 e. The molecule has 0 aliphatic rings. The number of ether oxygens (including phenoxy) is 2. The predicted molar refractivity (Wildman–Crippen MR) is 95.2 cm³/mol. The number of halogens is 4. The molecule has 0 bridgehead atoms. The van der Waals surface area contributed by atoms with E-state index in [9.17, 15) is 28.1 Å². The fourth-order valence-corrected chi connectivity index (χ4v) is 2.70. The number of rotatable bonds is 7. The Hall–Kier alpha value is -3.02. The Kier molecular flexibility index (Phi) is 6.57. The number of nitrogens with zero attached hydrogens (tertiary/aromatic N) is 3. The summed E-state index contributed by atoms with van der Waals surface area (Å²) in [5.41, 5.74) is -1.67. The SMILES string of the molecule is CCC(Oc1cc(Oc2nn(C)c(C(F)(F)F)c2Cl)ccc1[N+](=O)[O-])C(=O)NC. The number of aromatic nitrogens is 2. The first-order chi connectivity index (χ1) is 13.5. The van der Waals surface area contributed by atoms with E-state index in [2.05, 4.69) is 10.4 Å². The largest absolute Gasteiger partial charge is 0.473 e. The average molecular weight is 437 g/mol. The second-order valence-electron chi connectivity index (χ2n) is 5.71. The zero-order valence-corrected chi connectivity index (χ0v) is 16.2. The van der Waals surface area contributed by atoms with Crippen molar-refractivity contribution in [3.8, 4) is 17.4 Å². The Balaban J connectivity index is 2.41. The third-order valence-electron chi connectivity index (χ3n) is 3.75. The highest BCUT2D eigenvalue weighted by atomic mass is 35.5. The summed E-state index contributed by atoms with van der Waals surface area (Å²) in [6.45, 7) is 1.64. The molecule has 1 amide bonds. The molecule has 1 aromatic heterocycles. The minimum absolute atomic E-state index is 0.119. The maximum absolute atomic E-state index is 13.0. The summed E-state index contributed by atoms with van der Waals surface area (Å²) in [7, 11) is 2.42. The molecule has 0 fully saturated rings. The first-order valence-corrected chi connectivity index (χ1v) is 8.51. The molecule has 1 heterocycles. The van der Waals surface area contributed by atoms with Crippen molar-refractivity contribution < 1.29 is 32.4 Å². The van der Waals surface area contributed by atoms with Crippen LogP contribution in [-0.2, 0) is 18.0 Å². The molecule has 13 heteroatoms. The molecule has 29 heavy (non-hydrogen) atoms. The van der Waals surface area contributed by atoms with Crippen LogP contribution in [0, 0.1) is 10.1 Å². The van der Waals surface area contributed by atoms with Crippen LogP contribution in [0.2, 0.25) is 5.02 Å². The predicted octanol–water partition coefficient (Wildman–Crippen LogP) is 3.70. The lowest BCUT2D eigenvalue weighted by Gasteiger charge is -2.16. The first kappa shape index (κ1) is 22.3. The Morgan fingerprint density at radius 3 is 2.59 bits per heavy atom. The third-order valence-corrected chi connectivity index (χ3v) is 4.09. The molecule has 158 valence electrons. The standard InChI is InChI=1S/C16H16ClF3N4O5/c1-4-10(14(25)21-2)29-11-7-8(5-6-9(11)24(26)27)28-15-12(17)13(16(18,19)20)23(3)22-15/h5-7,10H,4H2,1-3H3,(H,21,25). The van der Waals surface area contributed by atoms with Crippen LogP contribution in [0.25, 0.3) is 0 Å². The van der Waals surface area contributed by atoms with Crippen molar-refractivity contribution in [2.75, 3.05) is 7.05 Å². The number of nitrogens with one attached hydrogen (secondary N) is 1. The number of carbonyl (C=O) groups excluding carboxylic acids is 1. The molecule has 0 saturated heterocycles. The normalized spacial score (nSPS) is 12.4. The van der Waals surface area contributed by atoms with Gasteiger partial charge in [-0.15, -0.1) is 5.10 Å². The highest BCUT2D eigenvalue weighted by molar-refractivity contribution is 6.32. The molecule has 1 atom stereocenters. The molecule has 0 aliphatic heterocycles. The van der Waals surface area contributed by atoms with Crippen molar-refractivity contribution in [2.24, 2.45) is 7.05 Å². The molecule has 0 saturated carbocycles. The number of nitro groups is 1. The Morgan fingerprint density at radius 1 is 1.45 bits per heavy atom. The minimum Gasteiger partial charge on any atom is -0.473 e. The van der Waals surface area contributed by atoms with Crippen LogP contribution in [0.5, 0.6) is 17.4 Å². The van der Waals surface area contributed by atoms with E-state index in [0.29, 0.717) is 4.68 Å². The zero-order chi connectivity index (χ0) is 21.9. The van der Waals surface area contributed by atoms with Gasteiger partial charge in [-0.3, -0.25) is 19.6 Å². The molecule has 1 N–H and O–H groups in total. The van der Waals surface area contributed by atoms with Crippen molar-refractivity contribution in [2.45, 2.75) is 25.6 Å². The summed E-state index contributed by atoms with van der Waals surface area (Å²) < 4.78 is 50.3. The maximum atomic E-state index is 13.0. The summed E-state index contributed by atoms with van der Waals surface area (Å²) in [5.74, 6) is -1.47. The van der Waals surface area contributed by atoms with E-state index in [1.165, 1.54) is 7.05 Å². The van der Waals surface area contributed by atoms with Gasteiger partial charge in [-0.25, -0.2) is 0 Å². The smallest absolute Gasteiger partial charge is 0.434 e. The van der Waals surface area contributed by atoms with E-state index in [4.69, 9.17) is 21.1 Å². The fourth-order valence-electron chi connectivity index (χ4n) is 2.40. The van der Waals surface area contributed by atoms with Gasteiger partial charge in [0.1, 0.15) is 10.8 Å². The number of alkyl halides is 3. The minimum atomic E-state index is -4.76. The van der Waals surface area contributed by atoms with Crippen molar-refractivity contribution in [1.82, 2.24) is 15.1 Å². The average Bonchev–Trinajstić information content (AvgIpc) is 2.92. The monoisotopic (exact) mass is 436 g/mol. The van der Waals surface area contributed by atoms with Gasteiger partial charge in [0.2, 0.25) is 5.75 Å². The van der Waals surface area contributed by atoms with Gasteiger partial charge in [-0.1, -0.05) is 18.5 Å². The second-order valence-corrected chi connectivity index (χ2v) is 6.08. The van der Waals surface area contributed by atoms with E-state index in [0.717, 1.165) is 25.2 Å². The molecule has 0 aliphatic carbocycles. The molecule has 2 rings (SSSR count). The van der Waals surface area contributed by atoms with E-state index in [1.54, 1.807) is 6.92 Å². The van der Waals surface area contributed by atoms with Crippen LogP contribution in [-0.4, -0.2) is 33.8 Å². The van der Waals surface area contributed by atoms with Crippen molar-refractivity contribution in [3.63, 3.8) is 0 Å². The summed E-state index contributed by atoms with van der Waals surface area (Å²) in [6, 6.07) is 3.24. The van der Waals surface area contributed by atoms with Gasteiger partial charge in [-0.05, 0) is 12.5 Å². The number of hydrogen-bond donors (Lipinski definition) is 1. The molecule has 0 radical (unpaired) electrons. The van der Waals surface area contributed by atoms with Crippen LogP contribution in [0.3, 0.4) is 0 Å². The molecule has 0 spiro atoms. The van der Waals surface area contributed by atoms with Gasteiger partial charge in [0.05, 0.1) is 4.92 Å². The highest BCUT2D eigenvalue weighted by Gasteiger charge is 2.39. The first-order valence-electron chi connectivity index (χ1n) is 8.13. The number of amides is 1. The number of carbonyl (C=O) groups is 1. The van der Waals surface area contributed by atoms with Gasteiger partial charge in [0.15, 0.2) is 11.8 Å². The number of aryl methyl sites for hydroxylation is 1. The highest BCUT2D eigenvalue weighted by Crippen LogP contribution is 2.41. The Morgan fingerprint density at radius 2 is 2.10 bits per heavy atom. The van der Waals surface area contributed by atoms with E-state index in [1.807, 2.05) is 0 Å². The molecular weight excluding hydrogens is 421 g/mol. The van der Waals surface area contributed by atoms with Gasteiger partial charge >= 0.3 is 11.9 Å². The van der Waals surface area contributed by atoms with Crippen LogP contribution in [0.4, 0.5) is 18.9 Å². The van der Waals surface area contributed by atoms with Crippen LogP contribution >= 0.6 is 11.6 Å². The quantitative estimate of drug-likeness (QED) is 0.523. The van der Waals surface area contributed by atoms with Crippen molar-refractivity contribution >= 4 is 23.2 Å². The van der Waals surface area contributed by atoms with E-state index < -0.39 is 45.4 Å². The lowest BCUT2D eigenvalue weighted by atomic mass is 10.2. The molecule has 1 aromatic carbocycles. The van der Waals surface area contributed by atoms with Crippen LogP contribution < -0.4 is 14.8 Å². The van der Waals surface area contributed by atoms with Crippen LogP contribution in [0.15, 0.2) is 18.2 Å². The zero-order valence-electron chi connectivity index (χ0n) is 15.4. The topological polar surface area (TPSA) is 109 Å². The third kappa shape index (κ3) is 4.88. The Labute approximate surface area is 167 Å². The fraction of sp³-hybridized carbons (Fsp3) is 0.375. The second kappa shape index (κ2) is 8.55. The summed E-state index contributed by atoms with van der Waals surface area (Å²) in [6.07, 6.45) is -5.57. The lowest BCUT2D eigenvalue weighted by Crippen LogP contribution is -2.35. The molecule has 2 aromatic rings. The van der Waals surface area contributed by atoms with Gasteiger partial charge < -0.3 is 14.8 Å². The summed E-state index contributed by atoms with van der Waals surface area (Å²) in [4.78, 5) is 22.3. The summed E-state index contributed by atoms with van der Waals surface area (Å²) in [5, 5.41) is 16.4. The number of benzene rings is 1.